The molecule has 2 atom stereocenters. The van der Waals surface area contributed by atoms with Gasteiger partial charge in [0, 0.05) is 55.0 Å². The third kappa shape index (κ3) is 4.66. The molecule has 1 saturated heterocycles. The van der Waals surface area contributed by atoms with Crippen molar-refractivity contribution in [3.63, 3.8) is 0 Å². The molecule has 12 heteroatoms. The molecule has 2 aliphatic rings. The number of amides is 1. The highest BCUT2D eigenvalue weighted by atomic mass is 16.5. The molecule has 1 aliphatic heterocycles. The summed E-state index contributed by atoms with van der Waals surface area (Å²) in [5.41, 5.74) is 3.33. The van der Waals surface area contributed by atoms with Crippen molar-refractivity contribution in [3.05, 3.63) is 36.7 Å². The lowest BCUT2D eigenvalue weighted by Crippen LogP contribution is -2.51. The molecule has 3 aromatic heterocycles. The number of nitrogens with zero attached hydrogens (tertiary/aromatic N) is 4. The smallest absolute Gasteiger partial charge is 0.229 e. The number of benzene rings is 1. The Morgan fingerprint density at radius 3 is 2.65 bits per heavy atom. The molecule has 0 radical (unpaired) electrons. The molecule has 2 fully saturated rings. The monoisotopic (exact) mass is 494 g/mol. The minimum atomic E-state index is -0.191. The number of aromatic nitrogens is 3. The highest BCUT2D eigenvalue weighted by Gasteiger charge is 2.39. The standard InChI is InChI=1S/C25H29B3N6O3/c1-12-5-15(12)23(35)32-21-7-16-17(8-29-21)22(33-25(26,27)28)30-9-18(16)24-31-19-6-13(3-4-20(19)37-24)34-10-14(11-34)36-2/h3-4,6-9,12,14-15H,5,10-11,26-28H2,1-2H3,(H,30,33)(H,29,32,35)/t12-,15+/m1/s1. The summed E-state index contributed by atoms with van der Waals surface area (Å²) in [5.74, 6) is 2.20. The Morgan fingerprint density at radius 1 is 1.16 bits per heavy atom. The zero-order valence-electron chi connectivity index (χ0n) is 21.8. The zero-order chi connectivity index (χ0) is 25.9. The number of pyridine rings is 2. The van der Waals surface area contributed by atoms with Crippen LogP contribution in [0.4, 0.5) is 17.3 Å². The van der Waals surface area contributed by atoms with Gasteiger partial charge < -0.3 is 24.7 Å². The third-order valence-corrected chi connectivity index (χ3v) is 7.11. The van der Waals surface area contributed by atoms with Gasteiger partial charge in [0.05, 0.1) is 11.7 Å². The lowest BCUT2D eigenvalue weighted by Gasteiger charge is -2.39. The molecular formula is C25H29B3N6O3. The third-order valence-electron chi connectivity index (χ3n) is 7.11. The van der Waals surface area contributed by atoms with Crippen LogP contribution < -0.4 is 15.5 Å². The van der Waals surface area contributed by atoms with Gasteiger partial charge in [-0.15, -0.1) is 0 Å². The first-order valence-corrected chi connectivity index (χ1v) is 12.7. The highest BCUT2D eigenvalue weighted by Crippen LogP contribution is 2.39. The molecule has 1 amide bonds. The second-order valence-corrected chi connectivity index (χ2v) is 11.3. The molecule has 186 valence electrons. The van der Waals surface area contributed by atoms with Crippen LogP contribution in [0.15, 0.2) is 41.1 Å². The van der Waals surface area contributed by atoms with Crippen LogP contribution in [0.1, 0.15) is 13.3 Å². The maximum Gasteiger partial charge on any atom is 0.229 e. The number of oxazole rings is 1. The number of rotatable bonds is 7. The molecule has 1 aromatic carbocycles. The molecule has 6 rings (SSSR count). The first-order chi connectivity index (χ1) is 17.7. The predicted octanol–water partition coefficient (Wildman–Crippen LogP) is 0.790. The van der Waals surface area contributed by atoms with E-state index in [4.69, 9.17) is 19.1 Å². The molecule has 0 spiro atoms. The number of fused-ring (bicyclic) bond motifs is 2. The fourth-order valence-corrected chi connectivity index (χ4v) is 4.76. The van der Waals surface area contributed by atoms with Gasteiger partial charge in [-0.3, -0.25) is 4.79 Å². The summed E-state index contributed by atoms with van der Waals surface area (Å²) in [6.07, 6.45) is 4.72. The Hall–Kier alpha value is -3.53. The number of carbonyl (C=O) groups excluding carboxylic acids is 1. The molecule has 2 N–H and O–H groups in total. The summed E-state index contributed by atoms with van der Waals surface area (Å²) >= 11 is 0. The van der Waals surface area contributed by atoms with Crippen molar-refractivity contribution < 1.29 is 13.9 Å². The Kier molecular flexibility index (Phi) is 5.67. The van der Waals surface area contributed by atoms with E-state index in [1.807, 2.05) is 24.3 Å². The topological polar surface area (TPSA) is 105 Å². The van der Waals surface area contributed by atoms with Gasteiger partial charge in [-0.1, -0.05) is 6.92 Å². The van der Waals surface area contributed by atoms with E-state index < -0.39 is 0 Å². The van der Waals surface area contributed by atoms with Crippen molar-refractivity contribution in [2.75, 3.05) is 35.7 Å². The van der Waals surface area contributed by atoms with Gasteiger partial charge in [0.1, 0.15) is 40.7 Å². The molecule has 37 heavy (non-hydrogen) atoms. The van der Waals surface area contributed by atoms with Crippen LogP contribution in [0, 0.1) is 11.8 Å². The molecule has 0 unspecified atom stereocenters. The van der Waals surface area contributed by atoms with Crippen LogP contribution in [-0.4, -0.2) is 75.9 Å². The van der Waals surface area contributed by atoms with Crippen molar-refractivity contribution in [3.8, 4) is 11.5 Å². The van der Waals surface area contributed by atoms with E-state index in [0.717, 1.165) is 52.9 Å². The second kappa shape index (κ2) is 8.80. The highest BCUT2D eigenvalue weighted by molar-refractivity contribution is 6.60. The number of anilines is 3. The van der Waals surface area contributed by atoms with Crippen LogP contribution >= 0.6 is 0 Å². The number of carbonyl (C=O) groups is 1. The summed E-state index contributed by atoms with van der Waals surface area (Å²) in [5, 5.41) is 7.94. The Morgan fingerprint density at radius 2 is 1.95 bits per heavy atom. The summed E-state index contributed by atoms with van der Waals surface area (Å²) in [6, 6.07) is 7.93. The van der Waals surface area contributed by atoms with Crippen LogP contribution in [0.2, 0.25) is 0 Å². The van der Waals surface area contributed by atoms with E-state index in [0.29, 0.717) is 23.2 Å². The Labute approximate surface area is 218 Å². The van der Waals surface area contributed by atoms with E-state index in [2.05, 4.69) is 51.0 Å². The lowest BCUT2D eigenvalue weighted by atomic mass is 9.49. The molecule has 1 saturated carbocycles. The Balaban J connectivity index is 1.40. The number of ether oxygens (including phenoxy) is 1. The van der Waals surface area contributed by atoms with Crippen LogP contribution in [0.5, 0.6) is 0 Å². The number of nitrogens with one attached hydrogen (secondary N) is 2. The SMILES string of the molecule is BC(B)(B)Nc1ncc(-c2nc3cc(N4CC(OC)C4)ccc3o2)c2cc(NC(=O)[C@H]3C[C@H]3C)ncc12. The Bertz CT molecular complexity index is 1520. The van der Waals surface area contributed by atoms with Crippen molar-refractivity contribution in [2.24, 2.45) is 11.8 Å². The van der Waals surface area contributed by atoms with Crippen LogP contribution in [-0.2, 0) is 9.53 Å². The average molecular weight is 494 g/mol. The van der Waals surface area contributed by atoms with Gasteiger partial charge in [-0.25, -0.2) is 15.0 Å². The maximum atomic E-state index is 12.6. The number of hydrogen-bond donors (Lipinski definition) is 2. The summed E-state index contributed by atoms with van der Waals surface area (Å²) < 4.78 is 11.6. The molecular weight excluding hydrogens is 465 g/mol. The molecule has 0 bridgehead atoms. The van der Waals surface area contributed by atoms with E-state index in [1.165, 1.54) is 0 Å². The van der Waals surface area contributed by atoms with E-state index in [9.17, 15) is 4.79 Å². The minimum Gasteiger partial charge on any atom is -0.436 e. The van der Waals surface area contributed by atoms with Crippen molar-refractivity contribution in [1.82, 2.24) is 15.0 Å². The van der Waals surface area contributed by atoms with Crippen molar-refractivity contribution in [2.45, 2.75) is 24.7 Å². The maximum absolute atomic E-state index is 12.6. The van der Waals surface area contributed by atoms with Crippen LogP contribution in [0.3, 0.4) is 0 Å². The van der Waals surface area contributed by atoms with Gasteiger partial charge in [-0.05, 0) is 41.8 Å². The van der Waals surface area contributed by atoms with Crippen molar-refractivity contribution in [1.29, 1.82) is 0 Å². The summed E-state index contributed by atoms with van der Waals surface area (Å²) in [7, 11) is 7.99. The van der Waals surface area contributed by atoms with E-state index in [1.54, 1.807) is 19.5 Å². The summed E-state index contributed by atoms with van der Waals surface area (Å²) in [6.45, 7) is 3.82. The average Bonchev–Trinajstić information content (AvgIpc) is 3.40. The predicted molar refractivity (Wildman–Crippen MR) is 153 cm³/mol. The normalized spacial score (nSPS) is 19.7. The molecule has 9 nitrogen and oxygen atoms in total. The van der Waals surface area contributed by atoms with E-state index >= 15 is 0 Å². The van der Waals surface area contributed by atoms with Gasteiger partial charge in [0.15, 0.2) is 5.58 Å². The molecule has 1 aliphatic carbocycles. The van der Waals surface area contributed by atoms with Gasteiger partial charge in [0.2, 0.25) is 11.8 Å². The van der Waals surface area contributed by atoms with E-state index in [-0.39, 0.29) is 23.2 Å². The van der Waals surface area contributed by atoms with Gasteiger partial charge >= 0.3 is 0 Å². The number of hydrogen-bond acceptors (Lipinski definition) is 8. The van der Waals surface area contributed by atoms with Gasteiger partial charge in [-0.2, -0.15) is 0 Å². The fraction of sp³-hybridized carbons (Fsp3) is 0.360. The first-order valence-electron chi connectivity index (χ1n) is 12.7. The minimum absolute atomic E-state index is 0.0131. The molecule has 4 aromatic rings. The van der Waals surface area contributed by atoms with Gasteiger partial charge in [0.25, 0.3) is 0 Å². The largest absolute Gasteiger partial charge is 0.436 e. The van der Waals surface area contributed by atoms with Crippen molar-refractivity contribution >= 4 is 68.6 Å². The lowest BCUT2D eigenvalue weighted by molar-refractivity contribution is -0.117. The fourth-order valence-electron chi connectivity index (χ4n) is 4.76. The number of methoxy groups -OCH3 is 1. The first kappa shape index (κ1) is 23.8. The zero-order valence-corrected chi connectivity index (χ0v) is 21.8. The summed E-state index contributed by atoms with van der Waals surface area (Å²) in [4.78, 5) is 28.9. The second-order valence-electron chi connectivity index (χ2n) is 11.3. The molecule has 4 heterocycles. The van der Waals surface area contributed by atoms with Crippen LogP contribution in [0.25, 0.3) is 33.3 Å². The quantitative estimate of drug-likeness (QED) is 0.364.